The summed E-state index contributed by atoms with van der Waals surface area (Å²) in [5.41, 5.74) is 10.3. The minimum absolute atomic E-state index is 0.0796. The lowest BCUT2D eigenvalue weighted by atomic mass is 10.2. The molecule has 0 amide bonds. The molecular weight excluding hydrogens is 320 g/mol. The second-order valence-electron chi connectivity index (χ2n) is 5.12. The average Bonchev–Trinajstić information content (AvgIpc) is 2.66. The van der Waals surface area contributed by atoms with Gasteiger partial charge in [-0.2, -0.15) is 0 Å². The molecule has 0 unspecified atom stereocenters. The van der Waals surface area contributed by atoms with Crippen LogP contribution in [0.3, 0.4) is 0 Å². The fourth-order valence-corrected chi connectivity index (χ4v) is 2.46. The first-order valence-corrected chi connectivity index (χ1v) is 7.52. The molecule has 25 heavy (non-hydrogen) atoms. The molecule has 0 spiro atoms. The number of fused-ring (bicyclic) bond motifs is 1. The predicted molar refractivity (Wildman–Crippen MR) is 95.2 cm³/mol. The van der Waals surface area contributed by atoms with E-state index in [0.29, 0.717) is 29.4 Å². The highest BCUT2D eigenvalue weighted by molar-refractivity contribution is 5.89. The summed E-state index contributed by atoms with van der Waals surface area (Å²) in [7, 11) is 3.19. The average molecular weight is 336 g/mol. The minimum atomic E-state index is 0.0796. The number of hydrogen-bond donors (Lipinski definition) is 1. The number of anilines is 1. The highest BCUT2D eigenvalue weighted by atomic mass is 16.5. The Morgan fingerprint density at radius 3 is 2.64 bits per heavy atom. The van der Waals surface area contributed by atoms with Crippen molar-refractivity contribution in [1.29, 1.82) is 0 Å². The fraction of sp³-hybridized carbons (Fsp3) is 0.176. The summed E-state index contributed by atoms with van der Waals surface area (Å²) in [6.07, 6.45) is 0. The van der Waals surface area contributed by atoms with Crippen LogP contribution in [-0.2, 0) is 6.54 Å². The van der Waals surface area contributed by atoms with Crippen LogP contribution in [0.2, 0.25) is 0 Å². The summed E-state index contributed by atoms with van der Waals surface area (Å²) in [6, 6.07) is 13.2. The van der Waals surface area contributed by atoms with Gasteiger partial charge in [0.2, 0.25) is 5.95 Å². The standard InChI is InChI=1S/C17H16N6O2/c1-24-14-8-7-11(9-15(14)25-2)10-19-16-12-5-3-4-6-13(12)20-17(21-16)22-23-18/h3-9H,10H2,1-2H3,(H,19,20,21). The lowest BCUT2D eigenvalue weighted by molar-refractivity contribution is 0.354. The molecule has 8 nitrogen and oxygen atoms in total. The number of methoxy groups -OCH3 is 2. The summed E-state index contributed by atoms with van der Waals surface area (Å²) in [4.78, 5) is 11.3. The first-order valence-electron chi connectivity index (χ1n) is 7.52. The van der Waals surface area contributed by atoms with Gasteiger partial charge >= 0.3 is 0 Å². The number of aromatic nitrogens is 2. The number of azide groups is 1. The van der Waals surface area contributed by atoms with Gasteiger partial charge in [0.05, 0.1) is 19.7 Å². The van der Waals surface area contributed by atoms with E-state index in [0.717, 1.165) is 10.9 Å². The van der Waals surface area contributed by atoms with E-state index in [-0.39, 0.29) is 5.95 Å². The Bertz CT molecular complexity index is 953. The molecule has 0 aliphatic heterocycles. The summed E-state index contributed by atoms with van der Waals surface area (Å²) < 4.78 is 10.6. The number of nitrogens with one attached hydrogen (secondary N) is 1. The van der Waals surface area contributed by atoms with Crippen molar-refractivity contribution < 1.29 is 9.47 Å². The third-order valence-corrected chi connectivity index (χ3v) is 3.63. The van der Waals surface area contributed by atoms with Gasteiger partial charge in [0.15, 0.2) is 11.5 Å². The predicted octanol–water partition coefficient (Wildman–Crippen LogP) is 4.20. The Hall–Kier alpha value is -3.51. The van der Waals surface area contributed by atoms with Crippen LogP contribution in [0.5, 0.6) is 11.5 Å². The van der Waals surface area contributed by atoms with E-state index >= 15 is 0 Å². The second-order valence-corrected chi connectivity index (χ2v) is 5.12. The molecule has 1 heterocycles. The van der Waals surface area contributed by atoms with Crippen molar-refractivity contribution in [3.05, 3.63) is 58.5 Å². The van der Waals surface area contributed by atoms with E-state index in [2.05, 4.69) is 25.3 Å². The first-order chi connectivity index (χ1) is 12.2. The van der Waals surface area contributed by atoms with Crippen LogP contribution in [0, 0.1) is 0 Å². The zero-order chi connectivity index (χ0) is 17.6. The molecule has 1 aromatic heterocycles. The highest BCUT2D eigenvalue weighted by Gasteiger charge is 2.08. The largest absolute Gasteiger partial charge is 0.493 e. The number of rotatable bonds is 6. The Morgan fingerprint density at radius 1 is 1.08 bits per heavy atom. The molecule has 0 fully saturated rings. The molecule has 0 radical (unpaired) electrons. The normalized spacial score (nSPS) is 10.2. The summed E-state index contributed by atoms with van der Waals surface area (Å²) in [5.74, 6) is 2.01. The number of para-hydroxylation sites is 1. The van der Waals surface area contributed by atoms with Crippen molar-refractivity contribution in [3.63, 3.8) is 0 Å². The maximum atomic E-state index is 8.63. The first kappa shape index (κ1) is 16.4. The lowest BCUT2D eigenvalue weighted by Gasteiger charge is -2.12. The third kappa shape index (κ3) is 3.54. The minimum Gasteiger partial charge on any atom is -0.493 e. The molecule has 0 atom stereocenters. The molecule has 126 valence electrons. The number of nitrogens with zero attached hydrogens (tertiary/aromatic N) is 5. The summed E-state index contributed by atoms with van der Waals surface area (Å²) in [5, 5.41) is 7.61. The molecule has 3 rings (SSSR count). The number of ether oxygens (including phenoxy) is 2. The van der Waals surface area contributed by atoms with Crippen LogP contribution in [0.4, 0.5) is 11.8 Å². The molecule has 0 saturated heterocycles. The van der Waals surface area contributed by atoms with Crippen molar-refractivity contribution in [2.24, 2.45) is 5.11 Å². The molecule has 0 bridgehead atoms. The molecule has 0 saturated carbocycles. The third-order valence-electron chi connectivity index (χ3n) is 3.63. The topological polar surface area (TPSA) is 105 Å². The molecule has 2 aromatic carbocycles. The van der Waals surface area contributed by atoms with E-state index in [1.165, 1.54) is 0 Å². The molecule has 0 aliphatic carbocycles. The van der Waals surface area contributed by atoms with Gasteiger partial charge in [-0.3, -0.25) is 0 Å². The SMILES string of the molecule is COc1ccc(CNc2nc(N=[N+]=[N-])nc3ccccc23)cc1OC. The Kier molecular flexibility index (Phi) is 4.82. The van der Waals surface area contributed by atoms with Crippen molar-refractivity contribution in [3.8, 4) is 11.5 Å². The molecule has 8 heteroatoms. The van der Waals surface area contributed by atoms with Gasteiger partial charge < -0.3 is 14.8 Å². The number of benzene rings is 2. The van der Waals surface area contributed by atoms with Crippen LogP contribution in [-0.4, -0.2) is 24.2 Å². The molecule has 3 aromatic rings. The van der Waals surface area contributed by atoms with E-state index in [1.54, 1.807) is 14.2 Å². The van der Waals surface area contributed by atoms with E-state index in [1.807, 2.05) is 42.5 Å². The second kappa shape index (κ2) is 7.37. The van der Waals surface area contributed by atoms with Crippen LogP contribution in [0.1, 0.15) is 5.56 Å². The summed E-state index contributed by atoms with van der Waals surface area (Å²) >= 11 is 0. The fourth-order valence-electron chi connectivity index (χ4n) is 2.46. The lowest BCUT2D eigenvalue weighted by Crippen LogP contribution is -2.03. The van der Waals surface area contributed by atoms with Gasteiger partial charge in [0.1, 0.15) is 5.82 Å². The van der Waals surface area contributed by atoms with Gasteiger partial charge in [-0.15, -0.1) is 0 Å². The Balaban J connectivity index is 1.91. The van der Waals surface area contributed by atoms with E-state index in [4.69, 9.17) is 15.0 Å². The molecular formula is C17H16N6O2. The smallest absolute Gasteiger partial charge is 0.219 e. The van der Waals surface area contributed by atoms with Crippen LogP contribution in [0.25, 0.3) is 21.3 Å². The monoisotopic (exact) mass is 336 g/mol. The van der Waals surface area contributed by atoms with Crippen molar-refractivity contribution >= 4 is 22.7 Å². The van der Waals surface area contributed by atoms with Gasteiger partial charge in [0.25, 0.3) is 0 Å². The van der Waals surface area contributed by atoms with Crippen molar-refractivity contribution in [1.82, 2.24) is 9.97 Å². The zero-order valence-corrected chi connectivity index (χ0v) is 13.8. The van der Waals surface area contributed by atoms with Gasteiger partial charge in [-0.1, -0.05) is 18.2 Å². The van der Waals surface area contributed by atoms with Gasteiger partial charge in [-0.25, -0.2) is 9.97 Å². The number of hydrogen-bond acceptors (Lipinski definition) is 6. The van der Waals surface area contributed by atoms with Gasteiger partial charge in [-0.05, 0) is 40.5 Å². The van der Waals surface area contributed by atoms with Gasteiger partial charge in [0, 0.05) is 16.8 Å². The Morgan fingerprint density at radius 2 is 1.88 bits per heavy atom. The van der Waals surface area contributed by atoms with Crippen LogP contribution < -0.4 is 14.8 Å². The maximum Gasteiger partial charge on any atom is 0.219 e. The Labute approximate surface area is 144 Å². The van der Waals surface area contributed by atoms with E-state index in [9.17, 15) is 0 Å². The highest BCUT2D eigenvalue weighted by Crippen LogP contribution is 2.28. The quantitative estimate of drug-likeness (QED) is 0.412. The van der Waals surface area contributed by atoms with Crippen molar-refractivity contribution in [2.45, 2.75) is 6.54 Å². The molecule has 1 N–H and O–H groups in total. The summed E-state index contributed by atoms with van der Waals surface area (Å²) in [6.45, 7) is 0.511. The molecule has 0 aliphatic rings. The van der Waals surface area contributed by atoms with Crippen LogP contribution >= 0.6 is 0 Å². The van der Waals surface area contributed by atoms with E-state index < -0.39 is 0 Å². The maximum absolute atomic E-state index is 8.63. The van der Waals surface area contributed by atoms with Crippen LogP contribution in [0.15, 0.2) is 47.6 Å². The van der Waals surface area contributed by atoms with Crippen molar-refractivity contribution in [2.75, 3.05) is 19.5 Å². The zero-order valence-electron chi connectivity index (χ0n) is 13.8.